The molecule has 1 aromatic heterocycles. The number of aromatic nitrogens is 1. The minimum absolute atomic E-state index is 0.0479. The average Bonchev–Trinajstić information content (AvgIpc) is 2.56. The van der Waals surface area contributed by atoms with Gasteiger partial charge in [0.1, 0.15) is 5.69 Å². The topological polar surface area (TPSA) is 42.4 Å². The van der Waals surface area contributed by atoms with E-state index in [1.165, 1.54) is 37.7 Å². The fraction of sp³-hybridized carbons (Fsp3) is 0.647. The molecule has 114 valence electrons. The largest absolute Gasteiger partial charge is 0.378 e. The predicted octanol–water partition coefficient (Wildman–Crippen LogP) is 3.17. The van der Waals surface area contributed by atoms with Gasteiger partial charge in [0.2, 0.25) is 0 Å². The highest BCUT2D eigenvalue weighted by atomic mass is 16.5. The number of hydrogen-bond acceptors (Lipinski definition) is 4. The molecule has 0 aromatic carbocycles. The third kappa shape index (κ3) is 3.26. The van der Waals surface area contributed by atoms with Gasteiger partial charge >= 0.3 is 0 Å². The molecule has 1 aliphatic heterocycles. The van der Waals surface area contributed by atoms with Gasteiger partial charge < -0.3 is 9.64 Å². The Balaban J connectivity index is 1.91. The first-order valence-electron chi connectivity index (χ1n) is 8.09. The van der Waals surface area contributed by atoms with E-state index in [0.29, 0.717) is 11.6 Å². The van der Waals surface area contributed by atoms with Gasteiger partial charge in [-0.05, 0) is 30.4 Å². The molecular weight excluding hydrogens is 264 g/mol. The molecular formula is C17H24N2O2. The van der Waals surface area contributed by atoms with Crippen LogP contribution in [0.15, 0.2) is 12.3 Å². The molecule has 2 fully saturated rings. The summed E-state index contributed by atoms with van der Waals surface area (Å²) in [5.41, 5.74) is 2.92. The first-order chi connectivity index (χ1) is 10.3. The van der Waals surface area contributed by atoms with Crippen LogP contribution in [0.4, 0.5) is 5.69 Å². The van der Waals surface area contributed by atoms with Crippen molar-refractivity contribution in [2.24, 2.45) is 0 Å². The number of Topliss-reactive ketones (excluding diaryl/α,β-unsaturated/α-hetero) is 1. The second kappa shape index (κ2) is 6.56. The molecule has 4 heteroatoms. The first kappa shape index (κ1) is 14.5. The Morgan fingerprint density at radius 2 is 1.95 bits per heavy atom. The van der Waals surface area contributed by atoms with E-state index < -0.39 is 0 Å². The maximum absolute atomic E-state index is 11.9. The number of pyridine rings is 1. The summed E-state index contributed by atoms with van der Waals surface area (Å²) in [5.74, 6) is 0.665. The Kier molecular flexibility index (Phi) is 4.54. The van der Waals surface area contributed by atoms with Crippen LogP contribution in [-0.4, -0.2) is 37.1 Å². The van der Waals surface area contributed by atoms with Gasteiger partial charge in [0.25, 0.3) is 0 Å². The van der Waals surface area contributed by atoms with Crippen LogP contribution in [0.1, 0.15) is 61.0 Å². The van der Waals surface area contributed by atoms with Gasteiger partial charge in [-0.25, -0.2) is 0 Å². The molecule has 0 radical (unpaired) electrons. The lowest BCUT2D eigenvalue weighted by Crippen LogP contribution is -2.37. The molecule has 0 amide bonds. The maximum atomic E-state index is 11.9. The average molecular weight is 288 g/mol. The molecule has 2 heterocycles. The lowest BCUT2D eigenvalue weighted by molar-refractivity contribution is 0.101. The van der Waals surface area contributed by atoms with Crippen LogP contribution in [-0.2, 0) is 4.74 Å². The molecule has 0 unspecified atom stereocenters. The lowest BCUT2D eigenvalue weighted by Gasteiger charge is -2.31. The van der Waals surface area contributed by atoms with Crippen LogP contribution in [0.25, 0.3) is 0 Å². The van der Waals surface area contributed by atoms with Crippen molar-refractivity contribution >= 4 is 11.5 Å². The number of carbonyl (C=O) groups excluding carboxylic acids is 1. The number of carbonyl (C=O) groups is 1. The van der Waals surface area contributed by atoms with Gasteiger partial charge in [-0.2, -0.15) is 0 Å². The number of hydrogen-bond donors (Lipinski definition) is 0. The number of ketones is 1. The molecule has 1 aliphatic carbocycles. The van der Waals surface area contributed by atoms with E-state index in [-0.39, 0.29) is 5.78 Å². The van der Waals surface area contributed by atoms with Crippen molar-refractivity contribution in [3.8, 4) is 0 Å². The maximum Gasteiger partial charge on any atom is 0.180 e. The number of ether oxygens (including phenoxy) is 1. The quantitative estimate of drug-likeness (QED) is 0.801. The van der Waals surface area contributed by atoms with Crippen LogP contribution in [0.2, 0.25) is 0 Å². The molecule has 0 atom stereocenters. The zero-order valence-electron chi connectivity index (χ0n) is 12.8. The van der Waals surface area contributed by atoms with E-state index in [9.17, 15) is 4.79 Å². The highest BCUT2D eigenvalue weighted by Crippen LogP contribution is 2.34. The molecule has 1 aromatic rings. The monoisotopic (exact) mass is 288 g/mol. The summed E-state index contributed by atoms with van der Waals surface area (Å²) in [6, 6.07) is 2.21. The number of anilines is 1. The summed E-state index contributed by atoms with van der Waals surface area (Å²) in [5, 5.41) is 0. The summed E-state index contributed by atoms with van der Waals surface area (Å²) in [6.45, 7) is 4.74. The van der Waals surface area contributed by atoms with Gasteiger partial charge in [-0.15, -0.1) is 0 Å². The van der Waals surface area contributed by atoms with E-state index in [4.69, 9.17) is 4.74 Å². The van der Waals surface area contributed by atoms with Crippen molar-refractivity contribution in [2.45, 2.75) is 44.9 Å². The van der Waals surface area contributed by atoms with E-state index in [0.717, 1.165) is 32.0 Å². The van der Waals surface area contributed by atoms with E-state index in [1.54, 1.807) is 6.92 Å². The van der Waals surface area contributed by atoms with Gasteiger partial charge in [-0.3, -0.25) is 9.78 Å². The van der Waals surface area contributed by atoms with Crippen LogP contribution in [0.3, 0.4) is 0 Å². The Morgan fingerprint density at radius 1 is 1.24 bits per heavy atom. The Bertz CT molecular complexity index is 504. The van der Waals surface area contributed by atoms with Crippen LogP contribution in [0, 0.1) is 0 Å². The molecule has 3 rings (SSSR count). The van der Waals surface area contributed by atoms with Crippen LogP contribution >= 0.6 is 0 Å². The van der Waals surface area contributed by atoms with Crippen molar-refractivity contribution in [1.82, 2.24) is 4.98 Å². The summed E-state index contributed by atoms with van der Waals surface area (Å²) in [7, 11) is 0. The van der Waals surface area contributed by atoms with Crippen LogP contribution in [0.5, 0.6) is 0 Å². The Hall–Kier alpha value is -1.42. The molecule has 0 bridgehead atoms. The molecule has 21 heavy (non-hydrogen) atoms. The van der Waals surface area contributed by atoms with Gasteiger partial charge in [0, 0.05) is 26.2 Å². The minimum atomic E-state index is 0.0479. The van der Waals surface area contributed by atoms with Gasteiger partial charge in [0.05, 0.1) is 18.9 Å². The zero-order chi connectivity index (χ0) is 14.7. The highest BCUT2D eigenvalue weighted by Gasteiger charge is 2.22. The third-order valence-corrected chi connectivity index (χ3v) is 4.65. The summed E-state index contributed by atoms with van der Waals surface area (Å²) < 4.78 is 5.42. The molecule has 0 N–H and O–H groups in total. The molecule has 1 saturated heterocycles. The summed E-state index contributed by atoms with van der Waals surface area (Å²) in [6.07, 6.45) is 8.41. The van der Waals surface area contributed by atoms with Crippen molar-refractivity contribution in [3.63, 3.8) is 0 Å². The normalized spacial score (nSPS) is 20.5. The fourth-order valence-electron chi connectivity index (χ4n) is 3.44. The van der Waals surface area contributed by atoms with Crippen molar-refractivity contribution < 1.29 is 9.53 Å². The Labute approximate surface area is 126 Å². The second-order valence-corrected chi connectivity index (χ2v) is 6.13. The molecule has 2 aliphatic rings. The van der Waals surface area contributed by atoms with Crippen molar-refractivity contribution in [3.05, 3.63) is 23.5 Å². The summed E-state index contributed by atoms with van der Waals surface area (Å²) in [4.78, 5) is 18.6. The molecule has 0 spiro atoms. The smallest absolute Gasteiger partial charge is 0.180 e. The van der Waals surface area contributed by atoms with Crippen molar-refractivity contribution in [1.29, 1.82) is 0 Å². The summed E-state index contributed by atoms with van der Waals surface area (Å²) >= 11 is 0. The second-order valence-electron chi connectivity index (χ2n) is 6.13. The number of rotatable bonds is 3. The fourth-order valence-corrected chi connectivity index (χ4v) is 3.44. The SMILES string of the molecule is CC(=O)c1ncc(C2CCCCC2)cc1N1CCOCC1. The first-order valence-corrected chi connectivity index (χ1v) is 8.09. The standard InChI is InChI=1S/C17H24N2O2/c1-13(20)17-16(19-7-9-21-10-8-19)11-15(12-18-17)14-5-3-2-4-6-14/h11-12,14H,2-10H2,1H3. The molecule has 1 saturated carbocycles. The number of nitrogens with zero attached hydrogens (tertiary/aromatic N) is 2. The minimum Gasteiger partial charge on any atom is -0.378 e. The zero-order valence-corrected chi connectivity index (χ0v) is 12.8. The van der Waals surface area contributed by atoms with E-state index in [2.05, 4.69) is 16.0 Å². The van der Waals surface area contributed by atoms with Gasteiger partial charge in [-0.1, -0.05) is 19.3 Å². The predicted molar refractivity (Wildman–Crippen MR) is 83.1 cm³/mol. The van der Waals surface area contributed by atoms with Gasteiger partial charge in [0.15, 0.2) is 5.78 Å². The lowest BCUT2D eigenvalue weighted by atomic mass is 9.84. The highest BCUT2D eigenvalue weighted by molar-refractivity contribution is 5.97. The van der Waals surface area contributed by atoms with E-state index in [1.807, 2.05) is 6.20 Å². The number of morpholine rings is 1. The van der Waals surface area contributed by atoms with Crippen LogP contribution < -0.4 is 4.90 Å². The Morgan fingerprint density at radius 3 is 2.62 bits per heavy atom. The van der Waals surface area contributed by atoms with E-state index >= 15 is 0 Å². The van der Waals surface area contributed by atoms with Crippen molar-refractivity contribution in [2.75, 3.05) is 31.2 Å². The third-order valence-electron chi connectivity index (χ3n) is 4.65. The molecule has 4 nitrogen and oxygen atoms in total.